The van der Waals surface area contributed by atoms with Gasteiger partial charge in [-0.3, -0.25) is 0 Å². The third-order valence-electron chi connectivity index (χ3n) is 2.52. The van der Waals surface area contributed by atoms with Crippen LogP contribution < -0.4 is 4.74 Å². The van der Waals surface area contributed by atoms with E-state index in [9.17, 15) is 4.79 Å². The highest BCUT2D eigenvalue weighted by Gasteiger charge is 2.07. The van der Waals surface area contributed by atoms with Gasteiger partial charge in [-0.05, 0) is 38.0 Å². The Balaban J connectivity index is 2.46. The third-order valence-corrected chi connectivity index (χ3v) is 2.52. The minimum Gasteiger partial charge on any atom is -0.491 e. The van der Waals surface area contributed by atoms with E-state index in [-0.39, 0.29) is 12.2 Å². The first-order chi connectivity index (χ1) is 8.52. The van der Waals surface area contributed by atoms with Crippen LogP contribution in [0.3, 0.4) is 0 Å². The van der Waals surface area contributed by atoms with Crippen LogP contribution in [0, 0.1) is 0 Å². The van der Waals surface area contributed by atoms with Crippen molar-refractivity contribution in [3.8, 4) is 5.75 Å². The lowest BCUT2D eigenvalue weighted by molar-refractivity contribution is 0.134. The predicted octanol–water partition coefficient (Wildman–Crippen LogP) is 2.71. The lowest BCUT2D eigenvalue weighted by Gasteiger charge is -2.15. The molecule has 0 heterocycles. The van der Waals surface area contributed by atoms with Crippen LogP contribution >= 0.6 is 0 Å². The van der Waals surface area contributed by atoms with Crippen LogP contribution in [-0.4, -0.2) is 37.8 Å². The zero-order valence-corrected chi connectivity index (χ0v) is 11.5. The highest BCUT2D eigenvalue weighted by atomic mass is 16.5. The van der Waals surface area contributed by atoms with Gasteiger partial charge in [0.15, 0.2) is 0 Å². The molecule has 0 aliphatic heterocycles. The molecule has 0 aliphatic rings. The highest BCUT2D eigenvalue weighted by Crippen LogP contribution is 2.14. The number of likely N-dealkylation sites (N-methyl/N-ethyl adjacent to an activating group) is 1. The van der Waals surface area contributed by atoms with Crippen LogP contribution in [0.5, 0.6) is 5.75 Å². The zero-order valence-electron chi connectivity index (χ0n) is 11.5. The third kappa shape index (κ3) is 4.65. The number of hydrogen-bond acceptors (Lipinski definition) is 3. The molecule has 18 heavy (non-hydrogen) atoms. The maximum absolute atomic E-state index is 11.2. The average Bonchev–Trinajstić information content (AvgIpc) is 2.36. The van der Waals surface area contributed by atoms with Crippen molar-refractivity contribution in [3.63, 3.8) is 0 Å². The van der Waals surface area contributed by atoms with Crippen molar-refractivity contribution >= 4 is 6.09 Å². The van der Waals surface area contributed by atoms with Crippen molar-refractivity contribution in [2.45, 2.75) is 26.4 Å². The molecule has 0 aliphatic carbocycles. The summed E-state index contributed by atoms with van der Waals surface area (Å²) >= 11 is 0. The smallest absolute Gasteiger partial charge is 0.409 e. The van der Waals surface area contributed by atoms with E-state index in [0.717, 1.165) is 12.2 Å². The molecule has 0 fully saturated rings. The van der Waals surface area contributed by atoms with Crippen LogP contribution in [0.2, 0.25) is 0 Å². The quantitative estimate of drug-likeness (QED) is 0.807. The number of nitrogens with zero attached hydrogens (tertiary/aromatic N) is 1. The number of carbonyl (C=O) groups is 1. The van der Waals surface area contributed by atoms with Crippen molar-refractivity contribution in [3.05, 3.63) is 29.8 Å². The average molecular weight is 251 g/mol. The van der Waals surface area contributed by atoms with Crippen LogP contribution in [0.1, 0.15) is 19.4 Å². The summed E-state index contributed by atoms with van der Waals surface area (Å²) in [5, 5.41) is 0. The summed E-state index contributed by atoms with van der Waals surface area (Å²) < 4.78 is 10.2. The molecule has 0 spiro atoms. The van der Waals surface area contributed by atoms with Gasteiger partial charge in [0.25, 0.3) is 0 Å². The Hall–Kier alpha value is -1.71. The van der Waals surface area contributed by atoms with E-state index in [1.165, 1.54) is 12.7 Å². The number of amides is 1. The Morgan fingerprint density at radius 2 is 1.89 bits per heavy atom. The van der Waals surface area contributed by atoms with Gasteiger partial charge in [-0.15, -0.1) is 0 Å². The minimum absolute atomic E-state index is 0.182. The molecule has 0 bridgehead atoms. The second kappa shape index (κ2) is 6.89. The van der Waals surface area contributed by atoms with Gasteiger partial charge in [-0.1, -0.05) is 12.1 Å². The summed E-state index contributed by atoms with van der Waals surface area (Å²) in [7, 11) is 3.11. The maximum atomic E-state index is 11.2. The molecule has 1 amide bonds. The van der Waals surface area contributed by atoms with Crippen LogP contribution in [0.15, 0.2) is 24.3 Å². The van der Waals surface area contributed by atoms with Crippen molar-refractivity contribution < 1.29 is 14.3 Å². The van der Waals surface area contributed by atoms with E-state index in [0.29, 0.717) is 6.54 Å². The summed E-state index contributed by atoms with van der Waals surface area (Å²) in [4.78, 5) is 12.7. The van der Waals surface area contributed by atoms with Crippen molar-refractivity contribution in [2.24, 2.45) is 0 Å². The van der Waals surface area contributed by atoms with Gasteiger partial charge in [-0.2, -0.15) is 0 Å². The summed E-state index contributed by atoms with van der Waals surface area (Å²) in [5.41, 5.74) is 1.17. The topological polar surface area (TPSA) is 38.8 Å². The predicted molar refractivity (Wildman–Crippen MR) is 70.9 cm³/mol. The van der Waals surface area contributed by atoms with E-state index < -0.39 is 0 Å². The van der Waals surface area contributed by atoms with E-state index in [1.807, 2.05) is 38.1 Å². The standard InChI is InChI=1S/C14H21NO3/c1-11(2)18-13-7-5-12(6-8-13)9-10-15(3)14(16)17-4/h5-8,11H,9-10H2,1-4H3. The fourth-order valence-corrected chi connectivity index (χ4v) is 1.55. The second-order valence-corrected chi connectivity index (χ2v) is 4.45. The van der Waals surface area contributed by atoms with Gasteiger partial charge >= 0.3 is 6.09 Å². The molecule has 0 unspecified atom stereocenters. The largest absolute Gasteiger partial charge is 0.491 e. The molecule has 4 nitrogen and oxygen atoms in total. The molecule has 0 aromatic heterocycles. The molecule has 0 radical (unpaired) electrons. The number of rotatable bonds is 5. The summed E-state index contributed by atoms with van der Waals surface area (Å²) in [6, 6.07) is 7.94. The molecule has 1 rings (SSSR count). The minimum atomic E-state index is -0.310. The van der Waals surface area contributed by atoms with Gasteiger partial charge in [0.1, 0.15) is 5.75 Å². The van der Waals surface area contributed by atoms with Crippen LogP contribution in [-0.2, 0) is 11.2 Å². The molecule has 0 saturated carbocycles. The highest BCUT2D eigenvalue weighted by molar-refractivity contribution is 5.66. The zero-order chi connectivity index (χ0) is 13.5. The molecule has 1 aromatic rings. The van der Waals surface area contributed by atoms with Gasteiger partial charge in [0, 0.05) is 13.6 Å². The maximum Gasteiger partial charge on any atom is 0.409 e. The van der Waals surface area contributed by atoms with Crippen LogP contribution in [0.25, 0.3) is 0 Å². The molecule has 0 atom stereocenters. The summed E-state index contributed by atoms with van der Waals surface area (Å²) in [6.07, 6.45) is 0.671. The van der Waals surface area contributed by atoms with Gasteiger partial charge in [0.2, 0.25) is 0 Å². The number of methoxy groups -OCH3 is 1. The molecular weight excluding hydrogens is 230 g/mol. The van der Waals surface area contributed by atoms with Crippen molar-refractivity contribution in [2.75, 3.05) is 20.7 Å². The number of hydrogen-bond donors (Lipinski definition) is 0. The Labute approximate surface area is 108 Å². The Bertz CT molecular complexity index is 373. The molecular formula is C14H21NO3. The van der Waals surface area contributed by atoms with E-state index in [2.05, 4.69) is 4.74 Å². The monoisotopic (exact) mass is 251 g/mol. The van der Waals surface area contributed by atoms with Gasteiger partial charge in [-0.25, -0.2) is 4.79 Å². The fraction of sp³-hybridized carbons (Fsp3) is 0.500. The Morgan fingerprint density at radius 3 is 2.39 bits per heavy atom. The lowest BCUT2D eigenvalue weighted by Crippen LogP contribution is -2.28. The summed E-state index contributed by atoms with van der Waals surface area (Å²) in [5.74, 6) is 0.870. The second-order valence-electron chi connectivity index (χ2n) is 4.45. The first kappa shape index (κ1) is 14.4. The molecule has 1 aromatic carbocycles. The number of ether oxygens (including phenoxy) is 2. The number of benzene rings is 1. The molecule has 100 valence electrons. The fourth-order valence-electron chi connectivity index (χ4n) is 1.55. The Morgan fingerprint density at radius 1 is 1.28 bits per heavy atom. The molecule has 4 heteroatoms. The van der Waals surface area contributed by atoms with Gasteiger partial charge < -0.3 is 14.4 Å². The van der Waals surface area contributed by atoms with Crippen molar-refractivity contribution in [1.82, 2.24) is 4.90 Å². The normalized spacial score (nSPS) is 10.3. The first-order valence-electron chi connectivity index (χ1n) is 6.07. The number of carbonyl (C=O) groups excluding carboxylic acids is 1. The first-order valence-corrected chi connectivity index (χ1v) is 6.07. The Kier molecular flexibility index (Phi) is 5.49. The SMILES string of the molecule is COC(=O)N(C)CCc1ccc(OC(C)C)cc1. The van der Waals surface area contributed by atoms with Crippen LogP contribution in [0.4, 0.5) is 4.79 Å². The summed E-state index contributed by atoms with van der Waals surface area (Å²) in [6.45, 7) is 4.63. The van der Waals surface area contributed by atoms with Gasteiger partial charge in [0.05, 0.1) is 13.2 Å². The lowest BCUT2D eigenvalue weighted by atomic mass is 10.1. The van der Waals surface area contributed by atoms with E-state index in [4.69, 9.17) is 4.74 Å². The molecule has 0 N–H and O–H groups in total. The van der Waals surface area contributed by atoms with Crippen molar-refractivity contribution in [1.29, 1.82) is 0 Å². The molecule has 0 saturated heterocycles. The van der Waals surface area contributed by atoms with E-state index >= 15 is 0 Å². The van der Waals surface area contributed by atoms with E-state index in [1.54, 1.807) is 11.9 Å².